The summed E-state index contributed by atoms with van der Waals surface area (Å²) in [6, 6.07) is 6.95. The van der Waals surface area contributed by atoms with Crippen LogP contribution < -0.4 is 5.32 Å². The molecule has 4 nitrogen and oxygen atoms in total. The zero-order valence-electron chi connectivity index (χ0n) is 9.77. The van der Waals surface area contributed by atoms with E-state index in [2.05, 4.69) is 21.2 Å². The van der Waals surface area contributed by atoms with E-state index in [1.165, 1.54) is 6.08 Å². The number of hydrogen-bond acceptors (Lipinski definition) is 4. The first-order valence-electron chi connectivity index (χ1n) is 5.52. The number of ether oxygens (including phenoxy) is 1. The van der Waals surface area contributed by atoms with Crippen molar-refractivity contribution in [2.24, 2.45) is 0 Å². The Bertz CT molecular complexity index is 507. The third-order valence-electron chi connectivity index (χ3n) is 2.51. The highest BCUT2D eigenvalue weighted by atomic mass is 79.9. The van der Waals surface area contributed by atoms with Crippen LogP contribution in [-0.2, 0) is 9.53 Å². The largest absolute Gasteiger partial charge is 0.456 e. The van der Waals surface area contributed by atoms with Crippen molar-refractivity contribution in [3.05, 3.63) is 46.1 Å². The molecule has 1 aliphatic heterocycles. The van der Waals surface area contributed by atoms with Crippen LogP contribution >= 0.6 is 15.9 Å². The average molecular weight is 310 g/mol. The maximum absolute atomic E-state index is 11.9. The number of halogens is 1. The van der Waals surface area contributed by atoms with Crippen LogP contribution in [-0.4, -0.2) is 24.4 Å². The van der Waals surface area contributed by atoms with Gasteiger partial charge in [-0.3, -0.25) is 4.79 Å². The minimum atomic E-state index is -0.487. The normalized spacial score (nSPS) is 21.3. The van der Waals surface area contributed by atoms with E-state index in [4.69, 9.17) is 4.74 Å². The van der Waals surface area contributed by atoms with E-state index in [0.717, 1.165) is 4.47 Å². The van der Waals surface area contributed by atoms with Gasteiger partial charge in [0.1, 0.15) is 11.8 Å². The zero-order valence-corrected chi connectivity index (χ0v) is 11.4. The van der Waals surface area contributed by atoms with Gasteiger partial charge in [-0.05, 0) is 31.2 Å². The molecule has 1 saturated heterocycles. The predicted molar refractivity (Wildman–Crippen MR) is 70.1 cm³/mol. The van der Waals surface area contributed by atoms with Crippen molar-refractivity contribution in [2.75, 3.05) is 6.54 Å². The number of esters is 1. The molecule has 5 heteroatoms. The summed E-state index contributed by atoms with van der Waals surface area (Å²) in [7, 11) is 0. The molecule has 0 bridgehead atoms. The standard InChI is InChI=1S/C13H12BrNO3/c1-8-7-15-11(13(17)18-8)6-12(16)9-2-4-10(14)5-3-9/h2-6,8,15H,7H2,1H3/b11-6-. The number of carbonyl (C=O) groups is 2. The maximum Gasteiger partial charge on any atom is 0.354 e. The molecule has 0 aliphatic carbocycles. The van der Waals surface area contributed by atoms with Crippen molar-refractivity contribution in [3.63, 3.8) is 0 Å². The number of carbonyl (C=O) groups excluding carboxylic acids is 2. The van der Waals surface area contributed by atoms with Gasteiger partial charge in [0, 0.05) is 16.1 Å². The lowest BCUT2D eigenvalue weighted by Crippen LogP contribution is -2.39. The highest BCUT2D eigenvalue weighted by Gasteiger charge is 2.22. The van der Waals surface area contributed by atoms with Crippen molar-refractivity contribution in [1.29, 1.82) is 0 Å². The summed E-state index contributed by atoms with van der Waals surface area (Å²) in [5.74, 6) is -0.712. The molecule has 0 spiro atoms. The summed E-state index contributed by atoms with van der Waals surface area (Å²) >= 11 is 3.30. The second-order valence-corrected chi connectivity index (χ2v) is 4.94. The van der Waals surface area contributed by atoms with Crippen LogP contribution in [0.4, 0.5) is 0 Å². The molecule has 1 unspecified atom stereocenters. The van der Waals surface area contributed by atoms with Crippen LogP contribution in [0.25, 0.3) is 0 Å². The van der Waals surface area contributed by atoms with Gasteiger partial charge < -0.3 is 10.1 Å². The van der Waals surface area contributed by atoms with Gasteiger partial charge in [-0.2, -0.15) is 0 Å². The highest BCUT2D eigenvalue weighted by molar-refractivity contribution is 9.10. The van der Waals surface area contributed by atoms with Crippen LogP contribution in [0.15, 0.2) is 40.5 Å². The van der Waals surface area contributed by atoms with Crippen LogP contribution in [0.2, 0.25) is 0 Å². The Balaban J connectivity index is 2.15. The average Bonchev–Trinajstić information content (AvgIpc) is 2.33. The second-order valence-electron chi connectivity index (χ2n) is 4.03. The molecule has 1 heterocycles. The van der Waals surface area contributed by atoms with E-state index in [1.807, 2.05) is 0 Å². The number of benzene rings is 1. The van der Waals surface area contributed by atoms with Crippen molar-refractivity contribution in [3.8, 4) is 0 Å². The van der Waals surface area contributed by atoms with Gasteiger partial charge >= 0.3 is 5.97 Å². The Kier molecular flexibility index (Phi) is 3.81. The van der Waals surface area contributed by atoms with E-state index in [0.29, 0.717) is 12.1 Å². The first kappa shape index (κ1) is 12.8. The fraction of sp³-hybridized carbons (Fsp3) is 0.231. The molecule has 0 amide bonds. The fourth-order valence-electron chi connectivity index (χ4n) is 1.55. The number of hydrogen-bond donors (Lipinski definition) is 1. The third kappa shape index (κ3) is 2.98. The molecular formula is C13H12BrNO3. The predicted octanol–water partition coefficient (Wildman–Crippen LogP) is 2.05. The molecule has 1 aromatic carbocycles. The molecule has 0 aromatic heterocycles. The van der Waals surface area contributed by atoms with Crippen molar-refractivity contribution in [2.45, 2.75) is 13.0 Å². The molecule has 1 aromatic rings. The van der Waals surface area contributed by atoms with Crippen molar-refractivity contribution in [1.82, 2.24) is 5.32 Å². The summed E-state index contributed by atoms with van der Waals surface area (Å²) in [4.78, 5) is 23.4. The lowest BCUT2D eigenvalue weighted by atomic mass is 10.1. The minimum Gasteiger partial charge on any atom is -0.456 e. The summed E-state index contributed by atoms with van der Waals surface area (Å²) in [6.45, 7) is 2.31. The summed E-state index contributed by atoms with van der Waals surface area (Å²) in [5, 5.41) is 2.89. The monoisotopic (exact) mass is 309 g/mol. The van der Waals surface area contributed by atoms with Crippen LogP contribution in [0.1, 0.15) is 17.3 Å². The lowest BCUT2D eigenvalue weighted by Gasteiger charge is -2.22. The van der Waals surface area contributed by atoms with Crippen molar-refractivity contribution < 1.29 is 14.3 Å². The Morgan fingerprint density at radius 3 is 2.72 bits per heavy atom. The smallest absolute Gasteiger partial charge is 0.354 e. The summed E-state index contributed by atoms with van der Waals surface area (Å²) < 4.78 is 5.92. The van der Waals surface area contributed by atoms with Gasteiger partial charge in [-0.25, -0.2) is 4.79 Å². The molecule has 0 radical (unpaired) electrons. The quantitative estimate of drug-likeness (QED) is 0.516. The number of allylic oxidation sites excluding steroid dienone is 1. The fourth-order valence-corrected chi connectivity index (χ4v) is 1.82. The van der Waals surface area contributed by atoms with Gasteiger partial charge in [0.25, 0.3) is 0 Å². The van der Waals surface area contributed by atoms with Gasteiger partial charge in [-0.15, -0.1) is 0 Å². The molecular weight excluding hydrogens is 298 g/mol. The maximum atomic E-state index is 11.9. The van der Waals surface area contributed by atoms with E-state index >= 15 is 0 Å². The molecule has 94 valence electrons. The number of cyclic esters (lactones) is 1. The topological polar surface area (TPSA) is 55.4 Å². The van der Waals surface area contributed by atoms with Crippen LogP contribution in [0.5, 0.6) is 0 Å². The summed E-state index contributed by atoms with van der Waals surface area (Å²) in [6.07, 6.45) is 1.11. The number of nitrogens with one attached hydrogen (secondary N) is 1. The minimum absolute atomic E-state index is 0.169. The number of morpholine rings is 1. The number of ketones is 1. The molecule has 1 fully saturated rings. The Hall–Kier alpha value is -1.62. The Morgan fingerprint density at radius 1 is 1.44 bits per heavy atom. The van der Waals surface area contributed by atoms with E-state index in [-0.39, 0.29) is 17.6 Å². The molecule has 18 heavy (non-hydrogen) atoms. The van der Waals surface area contributed by atoms with Gasteiger partial charge in [-0.1, -0.05) is 15.9 Å². The van der Waals surface area contributed by atoms with Gasteiger partial charge in [0.2, 0.25) is 0 Å². The SMILES string of the molecule is CC1CN/C(=C\C(=O)c2ccc(Br)cc2)C(=O)O1. The first-order chi connectivity index (χ1) is 8.56. The highest BCUT2D eigenvalue weighted by Crippen LogP contribution is 2.13. The van der Waals surface area contributed by atoms with Gasteiger partial charge in [0.05, 0.1) is 6.54 Å². The Labute approximate surface area is 113 Å². The van der Waals surface area contributed by atoms with Crippen molar-refractivity contribution >= 4 is 27.7 Å². The Morgan fingerprint density at radius 2 is 2.11 bits per heavy atom. The van der Waals surface area contributed by atoms with Crippen LogP contribution in [0.3, 0.4) is 0 Å². The molecule has 1 atom stereocenters. The molecule has 1 aliphatic rings. The third-order valence-corrected chi connectivity index (χ3v) is 3.04. The summed E-state index contributed by atoms with van der Waals surface area (Å²) in [5.41, 5.74) is 0.736. The zero-order chi connectivity index (χ0) is 13.1. The van der Waals surface area contributed by atoms with Crippen LogP contribution in [0, 0.1) is 0 Å². The molecule has 2 rings (SSSR count). The molecule has 1 N–H and O–H groups in total. The van der Waals surface area contributed by atoms with E-state index < -0.39 is 5.97 Å². The van der Waals surface area contributed by atoms with E-state index in [1.54, 1.807) is 31.2 Å². The van der Waals surface area contributed by atoms with Gasteiger partial charge in [0.15, 0.2) is 5.78 Å². The molecule has 0 saturated carbocycles. The van der Waals surface area contributed by atoms with E-state index in [9.17, 15) is 9.59 Å². The lowest BCUT2D eigenvalue weighted by molar-refractivity contribution is -0.146. The first-order valence-corrected chi connectivity index (χ1v) is 6.32. The second kappa shape index (κ2) is 5.35. The number of rotatable bonds is 2.